The molecule has 0 radical (unpaired) electrons. The third kappa shape index (κ3) is 2.02. The van der Waals surface area contributed by atoms with Gasteiger partial charge in [0, 0.05) is 0 Å². The second-order valence-corrected chi connectivity index (χ2v) is 4.14. The van der Waals surface area contributed by atoms with E-state index in [9.17, 15) is 22.8 Å². The minimum atomic E-state index is -4.86. The number of fused-ring (bicyclic) bond motifs is 1. The molecule has 0 fully saturated rings. The van der Waals surface area contributed by atoms with Gasteiger partial charge in [0.1, 0.15) is 5.39 Å². The summed E-state index contributed by atoms with van der Waals surface area (Å²) in [7, 11) is 0. The molecule has 0 saturated heterocycles. The molecular weight excluding hydrogens is 291 g/mol. The molecule has 1 N–H and O–H groups in total. The summed E-state index contributed by atoms with van der Waals surface area (Å²) < 4.78 is 43.4. The van der Waals surface area contributed by atoms with E-state index in [2.05, 4.69) is 14.7 Å². The van der Waals surface area contributed by atoms with E-state index in [1.165, 1.54) is 12.1 Å². The maximum atomic E-state index is 12.8. The maximum absolute atomic E-state index is 12.8. The summed E-state index contributed by atoms with van der Waals surface area (Å²) in [6, 6.07) is 7.57. The largest absolute Gasteiger partial charge is 0.437 e. The second kappa shape index (κ2) is 4.33. The number of alkyl halides is 3. The molecule has 0 aliphatic rings. The molecule has 0 spiro atoms. The Morgan fingerprint density at radius 2 is 1.81 bits per heavy atom. The molecule has 1 aromatic carbocycles. The standard InChI is InChI=1S/C12H6F3N3O3/c13-12(14,15)8-7-9(21-17-8)16-11(20)18(10(7)19)6-4-2-1-3-5-6/h1-5H,(H,16,20). The van der Waals surface area contributed by atoms with Gasteiger partial charge in [-0.3, -0.25) is 9.78 Å². The Morgan fingerprint density at radius 3 is 2.43 bits per heavy atom. The number of halogens is 3. The second-order valence-electron chi connectivity index (χ2n) is 4.14. The van der Waals surface area contributed by atoms with E-state index in [4.69, 9.17) is 0 Å². The van der Waals surface area contributed by atoms with Crippen LogP contribution in [0.1, 0.15) is 5.69 Å². The Bertz CT molecular complexity index is 922. The van der Waals surface area contributed by atoms with Crippen LogP contribution >= 0.6 is 0 Å². The Labute approximate surface area is 113 Å². The van der Waals surface area contributed by atoms with E-state index in [1.807, 2.05) is 0 Å². The van der Waals surface area contributed by atoms with Crippen LogP contribution in [0.4, 0.5) is 13.2 Å². The van der Waals surface area contributed by atoms with Gasteiger partial charge in [0.2, 0.25) is 11.4 Å². The van der Waals surface area contributed by atoms with Gasteiger partial charge < -0.3 is 4.52 Å². The quantitative estimate of drug-likeness (QED) is 0.741. The molecule has 21 heavy (non-hydrogen) atoms. The van der Waals surface area contributed by atoms with Crippen molar-refractivity contribution in [2.45, 2.75) is 6.18 Å². The third-order valence-electron chi connectivity index (χ3n) is 2.82. The zero-order chi connectivity index (χ0) is 15.2. The molecular formula is C12H6F3N3O3. The molecule has 3 rings (SSSR count). The summed E-state index contributed by atoms with van der Waals surface area (Å²) in [5, 5.41) is 2.01. The number of para-hydroxylation sites is 1. The molecule has 0 saturated carbocycles. The Morgan fingerprint density at radius 1 is 1.14 bits per heavy atom. The number of aromatic nitrogens is 3. The predicted octanol–water partition coefficient (Wildman–Crippen LogP) is 1.69. The van der Waals surface area contributed by atoms with Crippen LogP contribution in [-0.4, -0.2) is 14.7 Å². The van der Waals surface area contributed by atoms with Crippen molar-refractivity contribution in [3.8, 4) is 5.69 Å². The van der Waals surface area contributed by atoms with Crippen LogP contribution in [0, 0.1) is 0 Å². The van der Waals surface area contributed by atoms with Crippen LogP contribution < -0.4 is 11.2 Å². The molecule has 0 aliphatic heterocycles. The first-order chi connectivity index (χ1) is 9.89. The monoisotopic (exact) mass is 297 g/mol. The van der Waals surface area contributed by atoms with Crippen LogP contribution in [0.5, 0.6) is 0 Å². The number of aromatic amines is 1. The average molecular weight is 297 g/mol. The highest BCUT2D eigenvalue weighted by atomic mass is 19.4. The SMILES string of the molecule is O=c1[nH]c2onc(C(F)(F)F)c2c(=O)n1-c1ccccc1. The van der Waals surface area contributed by atoms with Gasteiger partial charge in [-0.1, -0.05) is 23.4 Å². The minimum absolute atomic E-state index is 0.139. The van der Waals surface area contributed by atoms with Crippen LogP contribution in [0.3, 0.4) is 0 Å². The fraction of sp³-hybridized carbons (Fsp3) is 0.0833. The summed E-state index contributed by atoms with van der Waals surface area (Å²) >= 11 is 0. The molecule has 6 nitrogen and oxygen atoms in total. The summed E-state index contributed by atoms with van der Waals surface area (Å²) in [6.45, 7) is 0. The zero-order valence-corrected chi connectivity index (χ0v) is 10.1. The van der Waals surface area contributed by atoms with Crippen molar-refractivity contribution in [1.82, 2.24) is 14.7 Å². The summed E-state index contributed by atoms with van der Waals surface area (Å²) in [5.41, 5.74) is -4.00. The van der Waals surface area contributed by atoms with Crippen molar-refractivity contribution in [1.29, 1.82) is 0 Å². The lowest BCUT2D eigenvalue weighted by Gasteiger charge is -2.05. The lowest BCUT2D eigenvalue weighted by atomic mass is 10.2. The number of hydrogen-bond donors (Lipinski definition) is 1. The van der Waals surface area contributed by atoms with Crippen LogP contribution in [-0.2, 0) is 6.18 Å². The molecule has 3 aromatic rings. The Kier molecular flexibility index (Phi) is 2.71. The van der Waals surface area contributed by atoms with Gasteiger partial charge in [-0.2, -0.15) is 13.2 Å². The summed E-state index contributed by atoms with van der Waals surface area (Å²) in [4.78, 5) is 26.1. The lowest BCUT2D eigenvalue weighted by molar-refractivity contribution is -0.141. The minimum Gasteiger partial charge on any atom is -0.337 e. The van der Waals surface area contributed by atoms with Crippen molar-refractivity contribution >= 4 is 11.1 Å². The van der Waals surface area contributed by atoms with Gasteiger partial charge in [0.25, 0.3) is 5.56 Å². The number of nitrogens with zero attached hydrogens (tertiary/aromatic N) is 2. The number of rotatable bonds is 1. The Balaban J connectivity index is 2.43. The van der Waals surface area contributed by atoms with Crippen molar-refractivity contribution < 1.29 is 17.7 Å². The van der Waals surface area contributed by atoms with E-state index in [0.29, 0.717) is 4.57 Å². The Hall–Kier alpha value is -2.84. The molecule has 0 aliphatic carbocycles. The highest BCUT2D eigenvalue weighted by Crippen LogP contribution is 2.31. The van der Waals surface area contributed by atoms with Crippen molar-refractivity contribution in [2.75, 3.05) is 0 Å². The fourth-order valence-electron chi connectivity index (χ4n) is 1.94. The maximum Gasteiger partial charge on any atom is 0.437 e. The van der Waals surface area contributed by atoms with Crippen molar-refractivity contribution in [3.05, 3.63) is 56.9 Å². The number of H-pyrrole nitrogens is 1. The number of benzene rings is 1. The first-order valence-corrected chi connectivity index (χ1v) is 5.67. The van der Waals surface area contributed by atoms with Gasteiger partial charge in [0.05, 0.1) is 5.69 Å². The number of hydrogen-bond acceptors (Lipinski definition) is 4. The summed E-state index contributed by atoms with van der Waals surface area (Å²) in [5.74, 6) is 0. The van der Waals surface area contributed by atoms with Gasteiger partial charge in [0.15, 0.2) is 0 Å². The van der Waals surface area contributed by atoms with E-state index in [1.54, 1.807) is 18.2 Å². The molecule has 2 aromatic heterocycles. The van der Waals surface area contributed by atoms with Crippen molar-refractivity contribution in [2.24, 2.45) is 0 Å². The topological polar surface area (TPSA) is 80.9 Å². The fourth-order valence-corrected chi connectivity index (χ4v) is 1.94. The van der Waals surface area contributed by atoms with Gasteiger partial charge >= 0.3 is 11.9 Å². The number of nitrogens with one attached hydrogen (secondary N) is 1. The van der Waals surface area contributed by atoms with Crippen LogP contribution in [0.2, 0.25) is 0 Å². The first kappa shape index (κ1) is 13.2. The third-order valence-corrected chi connectivity index (χ3v) is 2.82. The molecule has 108 valence electrons. The normalized spacial score (nSPS) is 12.0. The van der Waals surface area contributed by atoms with Crippen LogP contribution in [0.15, 0.2) is 44.4 Å². The average Bonchev–Trinajstić information content (AvgIpc) is 2.84. The first-order valence-electron chi connectivity index (χ1n) is 5.67. The smallest absolute Gasteiger partial charge is 0.337 e. The molecule has 0 amide bonds. The van der Waals surface area contributed by atoms with Crippen molar-refractivity contribution in [3.63, 3.8) is 0 Å². The lowest BCUT2D eigenvalue weighted by Crippen LogP contribution is -2.34. The summed E-state index contributed by atoms with van der Waals surface area (Å²) in [6.07, 6.45) is -4.86. The molecule has 2 heterocycles. The van der Waals surface area contributed by atoms with E-state index in [0.717, 1.165) is 0 Å². The highest BCUT2D eigenvalue weighted by Gasteiger charge is 2.39. The van der Waals surface area contributed by atoms with E-state index >= 15 is 0 Å². The predicted molar refractivity (Wildman–Crippen MR) is 65.2 cm³/mol. The molecule has 0 unspecified atom stereocenters. The van der Waals surface area contributed by atoms with E-state index < -0.39 is 34.2 Å². The molecule has 9 heteroatoms. The molecule has 0 atom stereocenters. The zero-order valence-electron chi connectivity index (χ0n) is 10.1. The molecule has 0 bridgehead atoms. The van der Waals surface area contributed by atoms with Gasteiger partial charge in [-0.15, -0.1) is 0 Å². The highest BCUT2D eigenvalue weighted by molar-refractivity contribution is 5.75. The van der Waals surface area contributed by atoms with E-state index in [-0.39, 0.29) is 5.69 Å². The van der Waals surface area contributed by atoms with Crippen LogP contribution in [0.25, 0.3) is 16.8 Å². The van der Waals surface area contributed by atoms with Gasteiger partial charge in [-0.25, -0.2) is 9.36 Å². The van der Waals surface area contributed by atoms with Gasteiger partial charge in [-0.05, 0) is 12.1 Å².